The second-order valence-corrected chi connectivity index (χ2v) is 5.57. The molecular formula is C13H18N2O3S. The first-order valence-corrected chi connectivity index (χ1v) is 7.32. The van der Waals surface area contributed by atoms with Crippen LogP contribution in [0.15, 0.2) is 17.5 Å². The van der Waals surface area contributed by atoms with Crippen LogP contribution in [0.2, 0.25) is 0 Å². The Morgan fingerprint density at radius 2 is 2.37 bits per heavy atom. The van der Waals surface area contributed by atoms with Crippen LogP contribution in [0.1, 0.15) is 28.9 Å². The lowest BCUT2D eigenvalue weighted by Crippen LogP contribution is -2.43. The van der Waals surface area contributed by atoms with E-state index in [1.807, 2.05) is 11.4 Å². The van der Waals surface area contributed by atoms with Crippen LogP contribution in [0.4, 0.5) is 0 Å². The number of rotatable bonds is 4. The van der Waals surface area contributed by atoms with Crippen molar-refractivity contribution in [2.24, 2.45) is 0 Å². The second kappa shape index (κ2) is 6.68. The van der Waals surface area contributed by atoms with Crippen molar-refractivity contribution in [2.75, 3.05) is 19.6 Å². The summed E-state index contributed by atoms with van der Waals surface area (Å²) in [5, 5.41) is 14.1. The van der Waals surface area contributed by atoms with Crippen molar-refractivity contribution in [3.8, 4) is 0 Å². The molecule has 1 aromatic heterocycles. The SMILES string of the molecule is O=C(NCCC(=O)N1CCCC(O)C1)c1cccs1. The Morgan fingerprint density at radius 3 is 3.05 bits per heavy atom. The third-order valence-electron chi connectivity index (χ3n) is 3.12. The summed E-state index contributed by atoms with van der Waals surface area (Å²) < 4.78 is 0. The van der Waals surface area contributed by atoms with Crippen molar-refractivity contribution < 1.29 is 14.7 Å². The molecule has 0 aliphatic carbocycles. The Kier molecular flexibility index (Phi) is 4.93. The number of hydrogen-bond acceptors (Lipinski definition) is 4. The van der Waals surface area contributed by atoms with Gasteiger partial charge in [-0.1, -0.05) is 6.07 Å². The summed E-state index contributed by atoms with van der Waals surface area (Å²) in [6.45, 7) is 1.45. The number of carbonyl (C=O) groups is 2. The number of thiophene rings is 1. The van der Waals surface area contributed by atoms with E-state index < -0.39 is 6.10 Å². The normalized spacial score (nSPS) is 19.2. The second-order valence-electron chi connectivity index (χ2n) is 4.62. The fourth-order valence-corrected chi connectivity index (χ4v) is 2.76. The number of β-amino-alcohol motifs (C(OH)–C–C–N with tert-alkyl or cyclic N) is 1. The van der Waals surface area contributed by atoms with Crippen molar-refractivity contribution in [1.29, 1.82) is 0 Å². The topological polar surface area (TPSA) is 69.6 Å². The van der Waals surface area contributed by atoms with Gasteiger partial charge in [-0.2, -0.15) is 0 Å². The van der Waals surface area contributed by atoms with Crippen LogP contribution in [0, 0.1) is 0 Å². The summed E-state index contributed by atoms with van der Waals surface area (Å²) in [7, 11) is 0. The molecule has 1 atom stereocenters. The van der Waals surface area contributed by atoms with Crippen molar-refractivity contribution in [1.82, 2.24) is 10.2 Å². The minimum Gasteiger partial charge on any atom is -0.391 e. The first-order chi connectivity index (χ1) is 9.16. The van der Waals surface area contributed by atoms with Crippen molar-refractivity contribution in [2.45, 2.75) is 25.4 Å². The van der Waals surface area contributed by atoms with Gasteiger partial charge in [-0.3, -0.25) is 9.59 Å². The molecule has 0 aromatic carbocycles. The third kappa shape index (κ3) is 4.04. The van der Waals surface area contributed by atoms with Gasteiger partial charge in [0.2, 0.25) is 5.91 Å². The maximum atomic E-state index is 11.9. The molecule has 19 heavy (non-hydrogen) atoms. The van der Waals surface area contributed by atoms with Gasteiger partial charge < -0.3 is 15.3 Å². The summed E-state index contributed by atoms with van der Waals surface area (Å²) in [6, 6.07) is 3.57. The molecule has 0 bridgehead atoms. The molecule has 0 spiro atoms. The highest BCUT2D eigenvalue weighted by atomic mass is 32.1. The van der Waals surface area contributed by atoms with Gasteiger partial charge in [-0.05, 0) is 24.3 Å². The molecule has 2 rings (SSSR count). The zero-order valence-corrected chi connectivity index (χ0v) is 11.5. The molecule has 1 saturated heterocycles. The lowest BCUT2D eigenvalue weighted by atomic mass is 10.1. The van der Waals surface area contributed by atoms with E-state index in [1.165, 1.54) is 11.3 Å². The summed E-state index contributed by atoms with van der Waals surface area (Å²) in [5.41, 5.74) is 0. The highest BCUT2D eigenvalue weighted by Crippen LogP contribution is 2.11. The molecule has 1 aliphatic heterocycles. The molecule has 1 unspecified atom stereocenters. The predicted molar refractivity (Wildman–Crippen MR) is 73.1 cm³/mol. The molecule has 5 nitrogen and oxygen atoms in total. The van der Waals surface area contributed by atoms with E-state index in [1.54, 1.807) is 11.0 Å². The van der Waals surface area contributed by atoms with E-state index in [9.17, 15) is 14.7 Å². The molecule has 6 heteroatoms. The zero-order chi connectivity index (χ0) is 13.7. The number of carbonyl (C=O) groups excluding carboxylic acids is 2. The lowest BCUT2D eigenvalue weighted by molar-refractivity contribution is -0.134. The molecule has 2 amide bonds. The molecule has 1 fully saturated rings. The summed E-state index contributed by atoms with van der Waals surface area (Å²) in [6.07, 6.45) is 1.48. The van der Waals surface area contributed by atoms with Gasteiger partial charge in [-0.15, -0.1) is 11.3 Å². The number of aliphatic hydroxyl groups excluding tert-OH is 1. The average Bonchev–Trinajstić information content (AvgIpc) is 2.92. The first-order valence-electron chi connectivity index (χ1n) is 6.44. The Morgan fingerprint density at radius 1 is 1.53 bits per heavy atom. The molecule has 1 aromatic rings. The fourth-order valence-electron chi connectivity index (χ4n) is 2.12. The van der Waals surface area contributed by atoms with Gasteiger partial charge in [0.1, 0.15) is 0 Å². The molecule has 0 saturated carbocycles. The van der Waals surface area contributed by atoms with Crippen LogP contribution in [-0.2, 0) is 4.79 Å². The van der Waals surface area contributed by atoms with Crippen LogP contribution in [0.3, 0.4) is 0 Å². The smallest absolute Gasteiger partial charge is 0.261 e. The number of aliphatic hydroxyl groups is 1. The Labute approximate surface area is 116 Å². The van der Waals surface area contributed by atoms with Crippen molar-refractivity contribution in [3.63, 3.8) is 0 Å². The third-order valence-corrected chi connectivity index (χ3v) is 3.99. The molecule has 2 N–H and O–H groups in total. The van der Waals surface area contributed by atoms with Gasteiger partial charge in [0, 0.05) is 26.1 Å². The molecule has 104 valence electrons. The minimum absolute atomic E-state index is 0.00905. The number of amides is 2. The van der Waals surface area contributed by atoms with Crippen molar-refractivity contribution in [3.05, 3.63) is 22.4 Å². The lowest BCUT2D eigenvalue weighted by Gasteiger charge is -2.30. The highest BCUT2D eigenvalue weighted by Gasteiger charge is 2.21. The number of nitrogens with zero attached hydrogens (tertiary/aromatic N) is 1. The maximum Gasteiger partial charge on any atom is 0.261 e. The molecule has 2 heterocycles. The van der Waals surface area contributed by atoms with Crippen LogP contribution >= 0.6 is 11.3 Å². The fraction of sp³-hybridized carbons (Fsp3) is 0.538. The summed E-state index contributed by atoms with van der Waals surface area (Å²) in [4.78, 5) is 25.9. The van der Waals surface area contributed by atoms with Gasteiger partial charge >= 0.3 is 0 Å². The first kappa shape index (κ1) is 14.0. The predicted octanol–water partition coefficient (Wildman–Crippen LogP) is 0.851. The van der Waals surface area contributed by atoms with E-state index in [4.69, 9.17) is 0 Å². The monoisotopic (exact) mass is 282 g/mol. The van der Waals surface area contributed by atoms with Crippen LogP contribution in [0.25, 0.3) is 0 Å². The maximum absolute atomic E-state index is 11.9. The summed E-state index contributed by atoms with van der Waals surface area (Å²) >= 11 is 1.38. The molecule has 0 radical (unpaired) electrons. The Bertz CT molecular complexity index is 433. The number of nitrogens with one attached hydrogen (secondary N) is 1. The number of hydrogen-bond donors (Lipinski definition) is 2. The van der Waals surface area contributed by atoms with Crippen LogP contribution < -0.4 is 5.32 Å². The Hall–Kier alpha value is -1.40. The largest absolute Gasteiger partial charge is 0.391 e. The van der Waals surface area contributed by atoms with E-state index >= 15 is 0 Å². The van der Waals surface area contributed by atoms with E-state index in [0.29, 0.717) is 24.5 Å². The highest BCUT2D eigenvalue weighted by molar-refractivity contribution is 7.12. The molecular weight excluding hydrogens is 264 g/mol. The Balaban J connectivity index is 1.70. The standard InChI is InChI=1S/C13H18N2O3S/c16-10-3-1-7-15(9-10)12(17)5-6-14-13(18)11-4-2-8-19-11/h2,4,8,10,16H,1,3,5-7,9H2,(H,14,18). The van der Waals surface area contributed by atoms with Gasteiger partial charge in [-0.25, -0.2) is 0 Å². The van der Waals surface area contributed by atoms with Gasteiger partial charge in [0.15, 0.2) is 0 Å². The zero-order valence-electron chi connectivity index (χ0n) is 10.7. The average molecular weight is 282 g/mol. The van der Waals surface area contributed by atoms with E-state index in [2.05, 4.69) is 5.32 Å². The quantitative estimate of drug-likeness (QED) is 0.860. The number of piperidine rings is 1. The van der Waals surface area contributed by atoms with E-state index in [-0.39, 0.29) is 18.2 Å². The van der Waals surface area contributed by atoms with Crippen molar-refractivity contribution >= 4 is 23.2 Å². The van der Waals surface area contributed by atoms with Crippen LogP contribution in [0.5, 0.6) is 0 Å². The summed E-state index contributed by atoms with van der Waals surface area (Å²) in [5.74, 6) is -0.147. The molecule has 1 aliphatic rings. The van der Waals surface area contributed by atoms with Gasteiger partial charge in [0.25, 0.3) is 5.91 Å². The minimum atomic E-state index is -0.404. The van der Waals surface area contributed by atoms with Gasteiger partial charge in [0.05, 0.1) is 11.0 Å². The van der Waals surface area contributed by atoms with E-state index in [0.717, 1.165) is 12.8 Å². The van der Waals surface area contributed by atoms with Crippen LogP contribution in [-0.4, -0.2) is 47.6 Å². The number of likely N-dealkylation sites (tertiary alicyclic amines) is 1.